The van der Waals surface area contributed by atoms with Gasteiger partial charge in [-0.15, -0.1) is 0 Å². The van der Waals surface area contributed by atoms with Gasteiger partial charge < -0.3 is 10.1 Å². The molecular weight excluding hydrogens is 312 g/mol. The van der Waals surface area contributed by atoms with E-state index in [9.17, 15) is 19.7 Å². The Bertz CT molecular complexity index is 774. The largest absolute Gasteiger partial charge is 0.447 e. The molecule has 0 heterocycles. The molecule has 7 heteroatoms. The van der Waals surface area contributed by atoms with E-state index in [1.54, 1.807) is 43.3 Å². The molecule has 0 radical (unpaired) electrons. The maximum atomic E-state index is 12.5. The summed E-state index contributed by atoms with van der Waals surface area (Å²) in [6.07, 6.45) is -1.19. The minimum Gasteiger partial charge on any atom is -0.447 e. The van der Waals surface area contributed by atoms with E-state index in [0.717, 1.165) is 0 Å². The highest BCUT2D eigenvalue weighted by molar-refractivity contribution is 5.97. The van der Waals surface area contributed by atoms with Crippen LogP contribution in [-0.4, -0.2) is 16.8 Å². The summed E-state index contributed by atoms with van der Waals surface area (Å²) in [6.45, 7) is 2.90. The number of amides is 1. The molecule has 2 aromatic rings. The second-order valence-electron chi connectivity index (χ2n) is 5.17. The third-order valence-corrected chi connectivity index (χ3v) is 3.23. The number of aryl methyl sites for hydroxylation is 1. The van der Waals surface area contributed by atoms with Gasteiger partial charge in [0.15, 0.2) is 0 Å². The highest BCUT2D eigenvalue weighted by Crippen LogP contribution is 2.27. The number of nitrogens with zero attached hydrogens (tertiary/aromatic N) is 1. The minimum atomic E-state index is -1.19. The van der Waals surface area contributed by atoms with Crippen molar-refractivity contribution in [1.29, 1.82) is 0 Å². The molecule has 124 valence electrons. The summed E-state index contributed by atoms with van der Waals surface area (Å²) in [5, 5.41) is 13.6. The molecule has 1 N–H and O–H groups in total. The fourth-order valence-corrected chi connectivity index (χ4v) is 2.16. The molecule has 0 spiro atoms. The Morgan fingerprint density at radius 3 is 2.42 bits per heavy atom. The molecule has 0 saturated carbocycles. The van der Waals surface area contributed by atoms with Crippen molar-refractivity contribution in [3.8, 4) is 0 Å². The Labute approximate surface area is 138 Å². The molecule has 2 aromatic carbocycles. The summed E-state index contributed by atoms with van der Waals surface area (Å²) in [7, 11) is 0. The first kappa shape index (κ1) is 17.1. The first-order valence-corrected chi connectivity index (χ1v) is 7.16. The topological polar surface area (TPSA) is 98.5 Å². The molecule has 2 rings (SSSR count). The molecule has 0 fully saturated rings. The predicted octanol–water partition coefficient (Wildman–Crippen LogP) is 3.15. The number of nitro benzene ring substituents is 1. The molecule has 0 aromatic heterocycles. The van der Waals surface area contributed by atoms with E-state index < -0.39 is 22.9 Å². The lowest BCUT2D eigenvalue weighted by molar-refractivity contribution is -0.384. The number of carbonyl (C=O) groups excluding carboxylic acids is 2. The maximum Gasteiger partial charge on any atom is 0.303 e. The molecule has 0 bridgehead atoms. The molecule has 7 nitrogen and oxygen atoms in total. The first-order valence-electron chi connectivity index (χ1n) is 7.16. The Morgan fingerprint density at radius 2 is 1.83 bits per heavy atom. The van der Waals surface area contributed by atoms with Crippen LogP contribution in [0.4, 0.5) is 11.4 Å². The number of anilines is 1. The number of rotatable bonds is 5. The molecular formula is C17H16N2O5. The molecule has 0 saturated heterocycles. The fourth-order valence-electron chi connectivity index (χ4n) is 2.16. The average molecular weight is 328 g/mol. The number of nitrogens with one attached hydrogen (secondary N) is 1. The number of nitro groups is 1. The molecule has 0 unspecified atom stereocenters. The van der Waals surface area contributed by atoms with Crippen LogP contribution in [0, 0.1) is 17.0 Å². The van der Waals surface area contributed by atoms with Crippen LogP contribution in [0.25, 0.3) is 0 Å². The van der Waals surface area contributed by atoms with Crippen LogP contribution >= 0.6 is 0 Å². The maximum absolute atomic E-state index is 12.5. The van der Waals surface area contributed by atoms with Gasteiger partial charge in [-0.2, -0.15) is 0 Å². The third-order valence-electron chi connectivity index (χ3n) is 3.23. The van der Waals surface area contributed by atoms with Gasteiger partial charge in [-0.05, 0) is 18.6 Å². The second-order valence-corrected chi connectivity index (χ2v) is 5.17. The standard InChI is InChI=1S/C17H16N2O5/c1-11-8-9-14(15(10-11)19(22)23)18-17(21)16(24-12(2)20)13-6-4-3-5-7-13/h3-10,16H,1-2H3,(H,18,21)/t16-/m0/s1. The number of benzene rings is 2. The molecule has 1 atom stereocenters. The van der Waals surface area contributed by atoms with Gasteiger partial charge in [0.1, 0.15) is 5.69 Å². The number of ether oxygens (including phenoxy) is 1. The van der Waals surface area contributed by atoms with Crippen LogP contribution in [0.2, 0.25) is 0 Å². The smallest absolute Gasteiger partial charge is 0.303 e. The van der Waals surface area contributed by atoms with Gasteiger partial charge in [0.05, 0.1) is 4.92 Å². The summed E-state index contributed by atoms with van der Waals surface area (Å²) in [6, 6.07) is 12.9. The third kappa shape index (κ3) is 4.16. The number of carbonyl (C=O) groups is 2. The van der Waals surface area contributed by atoms with Crippen LogP contribution in [-0.2, 0) is 14.3 Å². The summed E-state index contributed by atoms with van der Waals surface area (Å²) < 4.78 is 5.07. The van der Waals surface area contributed by atoms with Crippen molar-refractivity contribution in [2.24, 2.45) is 0 Å². The molecule has 1 amide bonds. The highest BCUT2D eigenvalue weighted by atomic mass is 16.6. The quantitative estimate of drug-likeness (QED) is 0.516. The Kier molecular flexibility index (Phi) is 5.26. The van der Waals surface area contributed by atoms with Gasteiger partial charge in [0.25, 0.3) is 11.6 Å². The van der Waals surface area contributed by atoms with Crippen molar-refractivity contribution in [1.82, 2.24) is 0 Å². The van der Waals surface area contributed by atoms with E-state index in [0.29, 0.717) is 11.1 Å². The van der Waals surface area contributed by atoms with Crippen molar-refractivity contribution >= 4 is 23.3 Å². The number of hydrogen-bond donors (Lipinski definition) is 1. The summed E-state index contributed by atoms with van der Waals surface area (Å²) in [4.78, 5) is 34.4. The van der Waals surface area contributed by atoms with Gasteiger partial charge in [0.2, 0.25) is 6.10 Å². The van der Waals surface area contributed by atoms with Crippen molar-refractivity contribution in [2.45, 2.75) is 20.0 Å². The van der Waals surface area contributed by atoms with E-state index in [1.807, 2.05) is 0 Å². The number of hydrogen-bond acceptors (Lipinski definition) is 5. The summed E-state index contributed by atoms with van der Waals surface area (Å²) >= 11 is 0. The van der Waals surface area contributed by atoms with E-state index in [2.05, 4.69) is 5.32 Å². The summed E-state index contributed by atoms with van der Waals surface area (Å²) in [5.41, 5.74) is 0.987. The minimum absolute atomic E-state index is 0.0451. The van der Waals surface area contributed by atoms with Crippen LogP contribution in [0.3, 0.4) is 0 Å². The van der Waals surface area contributed by atoms with Gasteiger partial charge >= 0.3 is 5.97 Å². The van der Waals surface area contributed by atoms with Gasteiger partial charge in [-0.3, -0.25) is 19.7 Å². The Hall–Kier alpha value is -3.22. The monoisotopic (exact) mass is 328 g/mol. The normalized spacial score (nSPS) is 11.4. The van der Waals surface area contributed by atoms with Gasteiger partial charge in [0, 0.05) is 18.6 Å². The number of esters is 1. The van der Waals surface area contributed by atoms with Crippen molar-refractivity contribution in [2.75, 3.05) is 5.32 Å². The van der Waals surface area contributed by atoms with Gasteiger partial charge in [-0.25, -0.2) is 0 Å². The SMILES string of the molecule is CC(=O)O[C@H](C(=O)Nc1ccc(C)cc1[N+](=O)[O-])c1ccccc1. The molecule has 0 aliphatic carbocycles. The summed E-state index contributed by atoms with van der Waals surface area (Å²) in [5.74, 6) is -1.29. The Balaban J connectivity index is 2.32. The van der Waals surface area contributed by atoms with E-state index in [-0.39, 0.29) is 11.4 Å². The van der Waals surface area contributed by atoms with E-state index in [1.165, 1.54) is 19.1 Å². The zero-order valence-electron chi connectivity index (χ0n) is 13.2. The molecule has 0 aliphatic heterocycles. The lowest BCUT2D eigenvalue weighted by Crippen LogP contribution is -2.25. The average Bonchev–Trinajstić information content (AvgIpc) is 2.54. The molecule has 0 aliphatic rings. The van der Waals surface area contributed by atoms with Crippen LogP contribution in [0.15, 0.2) is 48.5 Å². The molecule has 24 heavy (non-hydrogen) atoms. The lowest BCUT2D eigenvalue weighted by atomic mass is 10.1. The van der Waals surface area contributed by atoms with Crippen molar-refractivity contribution in [3.05, 3.63) is 69.8 Å². The first-order chi connectivity index (χ1) is 11.4. The van der Waals surface area contributed by atoms with Crippen molar-refractivity contribution in [3.63, 3.8) is 0 Å². The van der Waals surface area contributed by atoms with E-state index in [4.69, 9.17) is 4.74 Å². The fraction of sp³-hybridized carbons (Fsp3) is 0.176. The predicted molar refractivity (Wildman–Crippen MR) is 87.4 cm³/mol. The lowest BCUT2D eigenvalue weighted by Gasteiger charge is -2.17. The van der Waals surface area contributed by atoms with Crippen LogP contribution in [0.5, 0.6) is 0 Å². The second kappa shape index (κ2) is 7.36. The van der Waals surface area contributed by atoms with E-state index >= 15 is 0 Å². The zero-order valence-corrected chi connectivity index (χ0v) is 13.2. The Morgan fingerprint density at radius 1 is 1.17 bits per heavy atom. The highest BCUT2D eigenvalue weighted by Gasteiger charge is 2.26. The van der Waals surface area contributed by atoms with Gasteiger partial charge in [-0.1, -0.05) is 36.4 Å². The van der Waals surface area contributed by atoms with Crippen LogP contribution < -0.4 is 5.32 Å². The van der Waals surface area contributed by atoms with Crippen LogP contribution in [0.1, 0.15) is 24.2 Å². The zero-order chi connectivity index (χ0) is 17.7. The van der Waals surface area contributed by atoms with Crippen molar-refractivity contribution < 1.29 is 19.2 Å².